The molecule has 0 fully saturated rings. The molecule has 282 valence electrons. The number of fused-ring (bicyclic) bond motifs is 6. The van der Waals surface area contributed by atoms with Gasteiger partial charge in [-0.2, -0.15) is 0 Å². The van der Waals surface area contributed by atoms with Crippen LogP contribution in [0.4, 0.5) is 68.2 Å². The first kappa shape index (κ1) is 34.6. The fourth-order valence-electron chi connectivity index (χ4n) is 9.48. The molecule has 0 aromatic heterocycles. The molecular weight excluding hydrogens is 748 g/mol. The molecule has 9 aromatic rings. The highest BCUT2D eigenvalue weighted by Crippen LogP contribution is 2.54. The minimum absolute atomic E-state index is 0.0397. The highest BCUT2D eigenvalue weighted by Gasteiger charge is 2.45. The first-order chi connectivity index (χ1) is 29.8. The Morgan fingerprint density at radius 1 is 0.317 bits per heavy atom. The molecule has 4 nitrogen and oxygen atoms in total. The Hall–Kier alpha value is -7.41. The van der Waals surface area contributed by atoms with E-state index in [1.54, 1.807) is 0 Å². The standard InChI is InChI=1S/C54H37BN4S/c1-6-20-38(21-7-1)56(39-22-8-2-9-23-39)43-34-50-54-51(35-43)59(42-28-14-5-15-29-42)48-37-53-49(58(41-26-12-4-13-27-41)47-32-18-19-33-52(47)60-53)36-45(48)55(54)44-30-16-17-31-46(44)57(50)40-24-10-3-11-25-40/h1-37H. The lowest BCUT2D eigenvalue weighted by Crippen LogP contribution is -2.61. The van der Waals surface area contributed by atoms with Gasteiger partial charge in [0, 0.05) is 61.0 Å². The largest absolute Gasteiger partial charge is 0.311 e. The summed E-state index contributed by atoms with van der Waals surface area (Å²) in [6, 6.07) is 81.7. The zero-order valence-corrected chi connectivity index (χ0v) is 33.5. The molecule has 3 aliphatic rings. The summed E-state index contributed by atoms with van der Waals surface area (Å²) < 4.78 is 0. The highest BCUT2D eigenvalue weighted by atomic mass is 32.2. The van der Waals surface area contributed by atoms with Crippen LogP contribution in [0.5, 0.6) is 0 Å². The maximum absolute atomic E-state index is 2.52. The van der Waals surface area contributed by atoms with Crippen LogP contribution in [0.1, 0.15) is 0 Å². The Balaban J connectivity index is 1.19. The molecule has 6 heteroatoms. The van der Waals surface area contributed by atoms with Crippen molar-refractivity contribution < 1.29 is 0 Å². The fraction of sp³-hybridized carbons (Fsp3) is 0. The number of anilines is 12. The SMILES string of the molecule is c1ccc(N(c2ccccc2)c2cc3c4c(c2)N(c2ccccc2)c2cc5c(cc2B4c2ccccc2N3c2ccccc2)N(c2ccccc2)c2ccccc2S5)cc1. The van der Waals surface area contributed by atoms with Crippen LogP contribution in [-0.4, -0.2) is 6.71 Å². The Kier molecular flexibility index (Phi) is 8.17. The third-order valence-electron chi connectivity index (χ3n) is 11.9. The second-order valence-corrected chi connectivity index (χ2v) is 16.4. The Morgan fingerprint density at radius 3 is 1.33 bits per heavy atom. The van der Waals surface area contributed by atoms with E-state index in [1.807, 2.05) is 11.8 Å². The average Bonchev–Trinajstić information content (AvgIpc) is 3.31. The Bertz CT molecular complexity index is 3000. The molecule has 60 heavy (non-hydrogen) atoms. The van der Waals surface area contributed by atoms with Gasteiger partial charge in [-0.3, -0.25) is 0 Å². The number of hydrogen-bond acceptors (Lipinski definition) is 5. The molecule has 3 heterocycles. The molecule has 0 saturated heterocycles. The normalized spacial score (nSPS) is 13.1. The van der Waals surface area contributed by atoms with E-state index in [4.69, 9.17) is 0 Å². The van der Waals surface area contributed by atoms with Gasteiger partial charge in [0.05, 0.1) is 17.1 Å². The summed E-state index contributed by atoms with van der Waals surface area (Å²) in [6.07, 6.45) is 0. The van der Waals surface area contributed by atoms with Crippen molar-refractivity contribution in [3.63, 3.8) is 0 Å². The molecule has 0 unspecified atom stereocenters. The second kappa shape index (κ2) is 14.2. The third kappa shape index (κ3) is 5.49. The van der Waals surface area contributed by atoms with Crippen LogP contribution in [0.25, 0.3) is 0 Å². The van der Waals surface area contributed by atoms with Gasteiger partial charge < -0.3 is 19.6 Å². The van der Waals surface area contributed by atoms with Crippen molar-refractivity contribution in [2.75, 3.05) is 19.6 Å². The molecule has 12 rings (SSSR count). The number of hydrogen-bond donors (Lipinski definition) is 0. The molecule has 0 aliphatic carbocycles. The summed E-state index contributed by atoms with van der Waals surface area (Å²) >= 11 is 1.86. The van der Waals surface area contributed by atoms with Gasteiger partial charge in [0.15, 0.2) is 0 Å². The molecule has 0 bridgehead atoms. The van der Waals surface area contributed by atoms with E-state index in [9.17, 15) is 0 Å². The predicted molar refractivity (Wildman–Crippen MR) is 254 cm³/mol. The van der Waals surface area contributed by atoms with Crippen LogP contribution in [0.3, 0.4) is 0 Å². The minimum Gasteiger partial charge on any atom is -0.311 e. The van der Waals surface area contributed by atoms with Gasteiger partial charge in [-0.05, 0) is 120 Å². The Morgan fingerprint density at radius 2 is 0.767 bits per heavy atom. The van der Waals surface area contributed by atoms with Crippen LogP contribution in [-0.2, 0) is 0 Å². The topological polar surface area (TPSA) is 13.0 Å². The zero-order chi connectivity index (χ0) is 39.6. The van der Waals surface area contributed by atoms with Crippen LogP contribution >= 0.6 is 11.8 Å². The van der Waals surface area contributed by atoms with Gasteiger partial charge in [-0.25, -0.2) is 0 Å². The molecule has 9 aromatic carbocycles. The quantitative estimate of drug-likeness (QED) is 0.155. The summed E-state index contributed by atoms with van der Waals surface area (Å²) in [4.78, 5) is 12.3. The molecular formula is C54H37BN4S. The van der Waals surface area contributed by atoms with Gasteiger partial charge in [0.1, 0.15) is 0 Å². The first-order valence-corrected chi connectivity index (χ1v) is 21.3. The van der Waals surface area contributed by atoms with Crippen molar-refractivity contribution in [3.8, 4) is 0 Å². The van der Waals surface area contributed by atoms with Crippen molar-refractivity contribution in [1.29, 1.82) is 0 Å². The van der Waals surface area contributed by atoms with Crippen molar-refractivity contribution in [2.45, 2.75) is 9.79 Å². The summed E-state index contributed by atoms with van der Waals surface area (Å²) in [5, 5.41) is 0. The van der Waals surface area contributed by atoms with Gasteiger partial charge in [-0.15, -0.1) is 0 Å². The van der Waals surface area contributed by atoms with E-state index in [1.165, 1.54) is 60.3 Å². The fourth-order valence-corrected chi connectivity index (χ4v) is 10.5. The summed E-state index contributed by atoms with van der Waals surface area (Å²) in [6.45, 7) is -0.0397. The monoisotopic (exact) mass is 784 g/mol. The highest BCUT2D eigenvalue weighted by molar-refractivity contribution is 7.99. The van der Waals surface area contributed by atoms with Crippen molar-refractivity contribution >= 4 is 103 Å². The average molecular weight is 785 g/mol. The summed E-state index contributed by atoms with van der Waals surface area (Å²) in [5.41, 5.74) is 17.6. The molecule has 3 aliphatic heterocycles. The lowest BCUT2D eigenvalue weighted by molar-refractivity contribution is 1.16. The molecule has 0 radical (unpaired) electrons. The number of nitrogens with zero attached hydrogens (tertiary/aromatic N) is 4. The smallest absolute Gasteiger partial charge is 0.252 e. The van der Waals surface area contributed by atoms with E-state index >= 15 is 0 Å². The minimum atomic E-state index is -0.0397. The number of rotatable bonds is 6. The van der Waals surface area contributed by atoms with E-state index in [-0.39, 0.29) is 6.71 Å². The van der Waals surface area contributed by atoms with Crippen molar-refractivity contribution in [2.24, 2.45) is 0 Å². The summed E-state index contributed by atoms with van der Waals surface area (Å²) in [7, 11) is 0. The molecule has 0 N–H and O–H groups in total. The van der Waals surface area contributed by atoms with Gasteiger partial charge in [0.25, 0.3) is 6.71 Å². The van der Waals surface area contributed by atoms with Crippen molar-refractivity contribution in [3.05, 3.63) is 224 Å². The van der Waals surface area contributed by atoms with Gasteiger partial charge in [0.2, 0.25) is 0 Å². The van der Waals surface area contributed by atoms with E-state index < -0.39 is 0 Å². The van der Waals surface area contributed by atoms with Crippen molar-refractivity contribution in [1.82, 2.24) is 0 Å². The first-order valence-electron chi connectivity index (χ1n) is 20.5. The van der Waals surface area contributed by atoms with Gasteiger partial charge in [-0.1, -0.05) is 133 Å². The zero-order valence-electron chi connectivity index (χ0n) is 32.6. The second-order valence-electron chi connectivity index (χ2n) is 15.4. The molecule has 0 atom stereocenters. The maximum atomic E-state index is 2.52. The van der Waals surface area contributed by atoms with E-state index in [2.05, 4.69) is 244 Å². The van der Waals surface area contributed by atoms with Crippen LogP contribution in [0, 0.1) is 0 Å². The lowest BCUT2D eigenvalue weighted by atomic mass is 9.33. The lowest BCUT2D eigenvalue weighted by Gasteiger charge is -2.45. The Labute approximate surface area is 355 Å². The third-order valence-corrected chi connectivity index (χ3v) is 13.0. The number of para-hydroxylation sites is 7. The molecule has 0 saturated carbocycles. The number of benzene rings is 9. The predicted octanol–water partition coefficient (Wildman–Crippen LogP) is 13.2. The maximum Gasteiger partial charge on any atom is 0.252 e. The van der Waals surface area contributed by atoms with Crippen LogP contribution < -0.4 is 36.0 Å². The van der Waals surface area contributed by atoms with Crippen LogP contribution in [0.2, 0.25) is 0 Å². The molecule has 0 amide bonds. The van der Waals surface area contributed by atoms with E-state index in [0.29, 0.717) is 0 Å². The van der Waals surface area contributed by atoms with Gasteiger partial charge >= 0.3 is 0 Å². The molecule has 0 spiro atoms. The van der Waals surface area contributed by atoms with Crippen LogP contribution in [0.15, 0.2) is 234 Å². The van der Waals surface area contributed by atoms with E-state index in [0.717, 1.165) is 34.1 Å². The summed E-state index contributed by atoms with van der Waals surface area (Å²) in [5.74, 6) is 0.